The van der Waals surface area contributed by atoms with Gasteiger partial charge in [-0.15, -0.1) is 0 Å². The van der Waals surface area contributed by atoms with Crippen LogP contribution in [0.5, 0.6) is 5.75 Å². The van der Waals surface area contributed by atoms with Crippen molar-refractivity contribution in [1.82, 2.24) is 20.4 Å². The van der Waals surface area contributed by atoms with E-state index in [4.69, 9.17) is 4.74 Å². The molecule has 2 N–H and O–H groups in total. The number of methoxy groups -OCH3 is 1. The lowest BCUT2D eigenvalue weighted by Gasteiger charge is -2.19. The molecule has 1 fully saturated rings. The zero-order valence-electron chi connectivity index (χ0n) is 16.2. The van der Waals surface area contributed by atoms with Crippen LogP contribution < -0.4 is 10.1 Å². The highest BCUT2D eigenvalue weighted by atomic mass is 16.5. The molecule has 27 heavy (non-hydrogen) atoms. The molecular formula is C21H30N4O2. The van der Waals surface area contributed by atoms with Gasteiger partial charge in [-0.1, -0.05) is 12.8 Å². The molecule has 1 saturated heterocycles. The van der Waals surface area contributed by atoms with E-state index in [-0.39, 0.29) is 5.91 Å². The van der Waals surface area contributed by atoms with Crippen molar-refractivity contribution in [3.63, 3.8) is 0 Å². The lowest BCUT2D eigenvalue weighted by molar-refractivity contribution is 0.0947. The van der Waals surface area contributed by atoms with Gasteiger partial charge in [0.05, 0.1) is 12.8 Å². The van der Waals surface area contributed by atoms with Gasteiger partial charge in [0.15, 0.2) is 0 Å². The fourth-order valence-electron chi connectivity index (χ4n) is 3.47. The highest BCUT2D eigenvalue weighted by Crippen LogP contribution is 2.21. The Morgan fingerprint density at radius 3 is 2.59 bits per heavy atom. The molecule has 1 aliphatic heterocycles. The molecule has 1 aromatic carbocycles. The zero-order chi connectivity index (χ0) is 18.9. The molecular weight excluding hydrogens is 340 g/mol. The van der Waals surface area contributed by atoms with Gasteiger partial charge in [0, 0.05) is 12.1 Å². The molecule has 2 aromatic rings. The highest BCUT2D eigenvalue weighted by molar-refractivity contribution is 5.93. The predicted molar refractivity (Wildman–Crippen MR) is 107 cm³/mol. The Balaban J connectivity index is 1.40. The van der Waals surface area contributed by atoms with E-state index in [1.807, 2.05) is 24.3 Å². The molecule has 0 bridgehead atoms. The number of carbonyl (C=O) groups is 1. The largest absolute Gasteiger partial charge is 0.497 e. The minimum Gasteiger partial charge on any atom is -0.497 e. The minimum atomic E-state index is -0.1000. The van der Waals surface area contributed by atoms with Gasteiger partial charge in [0.2, 0.25) is 0 Å². The predicted octanol–water partition coefficient (Wildman–Crippen LogP) is 3.47. The van der Waals surface area contributed by atoms with Gasteiger partial charge in [-0.3, -0.25) is 9.89 Å². The summed E-state index contributed by atoms with van der Waals surface area (Å²) in [5, 5.41) is 10.1. The topological polar surface area (TPSA) is 70.2 Å². The number of ether oxygens (including phenoxy) is 1. The van der Waals surface area contributed by atoms with E-state index in [2.05, 4.69) is 20.4 Å². The van der Waals surface area contributed by atoms with Crippen molar-refractivity contribution in [2.45, 2.75) is 38.5 Å². The van der Waals surface area contributed by atoms with Crippen molar-refractivity contribution in [3.05, 3.63) is 36.0 Å². The van der Waals surface area contributed by atoms with Gasteiger partial charge < -0.3 is 15.0 Å². The summed E-state index contributed by atoms with van der Waals surface area (Å²) in [5.41, 5.74) is 2.20. The first-order valence-corrected chi connectivity index (χ1v) is 9.96. The zero-order valence-corrected chi connectivity index (χ0v) is 16.2. The average molecular weight is 370 g/mol. The fourth-order valence-corrected chi connectivity index (χ4v) is 3.47. The highest BCUT2D eigenvalue weighted by Gasteiger charge is 2.11. The number of aromatic amines is 1. The van der Waals surface area contributed by atoms with Crippen molar-refractivity contribution in [2.24, 2.45) is 0 Å². The molecule has 3 rings (SSSR count). The van der Waals surface area contributed by atoms with Crippen LogP contribution in [0.15, 0.2) is 30.3 Å². The Hall–Kier alpha value is -2.34. The van der Waals surface area contributed by atoms with E-state index in [1.54, 1.807) is 13.2 Å². The van der Waals surface area contributed by atoms with Gasteiger partial charge in [-0.25, -0.2) is 0 Å². The summed E-state index contributed by atoms with van der Waals surface area (Å²) in [6.45, 7) is 4.30. The molecule has 0 atom stereocenters. The molecule has 1 amide bonds. The standard InChI is InChI=1S/C21H30N4O2/c1-27-18-10-8-17(9-11-18)19-16-20(24-23-19)21(26)22-12-4-7-15-25-13-5-2-3-6-14-25/h8-11,16H,2-7,12-15H2,1H3,(H,22,26)(H,23,24). The molecule has 1 aliphatic rings. The van der Waals surface area contributed by atoms with Crippen molar-refractivity contribution in [1.29, 1.82) is 0 Å². The van der Waals surface area contributed by atoms with Gasteiger partial charge in [-0.05, 0) is 75.6 Å². The molecule has 146 valence electrons. The minimum absolute atomic E-state index is 0.1000. The average Bonchev–Trinajstić information content (AvgIpc) is 3.06. The van der Waals surface area contributed by atoms with Crippen LogP contribution in [-0.2, 0) is 0 Å². The second-order valence-electron chi connectivity index (χ2n) is 7.11. The smallest absolute Gasteiger partial charge is 0.269 e. The molecule has 2 heterocycles. The third-order valence-corrected chi connectivity index (χ3v) is 5.09. The summed E-state index contributed by atoms with van der Waals surface area (Å²) in [4.78, 5) is 14.8. The van der Waals surface area contributed by atoms with E-state index >= 15 is 0 Å². The number of hydrogen-bond donors (Lipinski definition) is 2. The maximum Gasteiger partial charge on any atom is 0.269 e. The second-order valence-corrected chi connectivity index (χ2v) is 7.11. The molecule has 0 radical (unpaired) electrons. The van der Waals surface area contributed by atoms with Crippen LogP contribution in [0.1, 0.15) is 49.0 Å². The van der Waals surface area contributed by atoms with Crippen molar-refractivity contribution < 1.29 is 9.53 Å². The first kappa shape index (κ1) is 19.4. The van der Waals surface area contributed by atoms with Crippen LogP contribution >= 0.6 is 0 Å². The lowest BCUT2D eigenvalue weighted by Crippen LogP contribution is -2.28. The van der Waals surface area contributed by atoms with E-state index < -0.39 is 0 Å². The van der Waals surface area contributed by atoms with Gasteiger partial charge in [0.1, 0.15) is 11.4 Å². The summed E-state index contributed by atoms with van der Waals surface area (Å²) in [7, 11) is 1.64. The number of nitrogens with zero attached hydrogens (tertiary/aromatic N) is 2. The van der Waals surface area contributed by atoms with Crippen LogP contribution in [0.4, 0.5) is 0 Å². The van der Waals surface area contributed by atoms with E-state index in [1.165, 1.54) is 38.8 Å². The Kier molecular flexibility index (Phi) is 7.27. The number of benzene rings is 1. The molecule has 0 unspecified atom stereocenters. The van der Waals surface area contributed by atoms with Crippen LogP contribution in [0.3, 0.4) is 0 Å². The van der Waals surface area contributed by atoms with E-state index in [9.17, 15) is 4.79 Å². The molecule has 6 heteroatoms. The van der Waals surface area contributed by atoms with Crippen LogP contribution in [0.2, 0.25) is 0 Å². The fraction of sp³-hybridized carbons (Fsp3) is 0.524. The number of aromatic nitrogens is 2. The lowest BCUT2D eigenvalue weighted by atomic mass is 10.1. The summed E-state index contributed by atoms with van der Waals surface area (Å²) < 4.78 is 5.16. The monoisotopic (exact) mass is 370 g/mol. The normalized spacial score (nSPS) is 15.3. The molecule has 0 saturated carbocycles. The first-order chi connectivity index (χ1) is 13.3. The Morgan fingerprint density at radius 1 is 1.15 bits per heavy atom. The van der Waals surface area contributed by atoms with E-state index in [0.717, 1.165) is 36.4 Å². The number of hydrogen-bond acceptors (Lipinski definition) is 4. The number of likely N-dealkylation sites (tertiary alicyclic amines) is 1. The quantitative estimate of drug-likeness (QED) is 0.698. The summed E-state index contributed by atoms with van der Waals surface area (Å²) in [6.07, 6.45) is 7.52. The molecule has 0 aliphatic carbocycles. The van der Waals surface area contributed by atoms with Crippen molar-refractivity contribution in [2.75, 3.05) is 33.3 Å². The third-order valence-electron chi connectivity index (χ3n) is 5.09. The number of unbranched alkanes of at least 4 members (excludes halogenated alkanes) is 1. The van der Waals surface area contributed by atoms with Crippen LogP contribution in [0.25, 0.3) is 11.3 Å². The number of carbonyl (C=O) groups excluding carboxylic acids is 1. The van der Waals surface area contributed by atoms with Crippen LogP contribution in [0, 0.1) is 0 Å². The summed E-state index contributed by atoms with van der Waals surface area (Å²) in [6, 6.07) is 9.41. The first-order valence-electron chi connectivity index (χ1n) is 9.96. The number of rotatable bonds is 8. The van der Waals surface area contributed by atoms with Gasteiger partial charge in [-0.2, -0.15) is 5.10 Å². The Morgan fingerprint density at radius 2 is 1.89 bits per heavy atom. The molecule has 0 spiro atoms. The molecule has 1 aromatic heterocycles. The van der Waals surface area contributed by atoms with Crippen molar-refractivity contribution >= 4 is 5.91 Å². The Labute approximate surface area is 161 Å². The molecule has 6 nitrogen and oxygen atoms in total. The maximum atomic E-state index is 12.3. The summed E-state index contributed by atoms with van der Waals surface area (Å²) >= 11 is 0. The Bertz CT molecular complexity index is 703. The SMILES string of the molecule is COc1ccc(-c2cc(C(=O)NCCCCN3CCCCCC3)[nH]n2)cc1. The van der Waals surface area contributed by atoms with E-state index in [0.29, 0.717) is 12.2 Å². The number of H-pyrrole nitrogens is 1. The number of nitrogens with one attached hydrogen (secondary N) is 2. The second kappa shape index (κ2) is 10.1. The van der Waals surface area contributed by atoms with Gasteiger partial charge in [0.25, 0.3) is 5.91 Å². The third kappa shape index (κ3) is 5.82. The maximum absolute atomic E-state index is 12.3. The number of amides is 1. The summed E-state index contributed by atoms with van der Waals surface area (Å²) in [5.74, 6) is 0.699. The van der Waals surface area contributed by atoms with Crippen LogP contribution in [-0.4, -0.2) is 54.3 Å². The van der Waals surface area contributed by atoms with Crippen molar-refractivity contribution in [3.8, 4) is 17.0 Å². The van der Waals surface area contributed by atoms with Gasteiger partial charge >= 0.3 is 0 Å².